The molecule has 0 bridgehead atoms. The minimum absolute atomic E-state index is 0.784. The summed E-state index contributed by atoms with van der Waals surface area (Å²) >= 11 is 0. The summed E-state index contributed by atoms with van der Waals surface area (Å²) in [6.45, 7) is 8.78. The molecule has 0 amide bonds. The van der Waals surface area contributed by atoms with Crippen LogP contribution in [0.2, 0.25) is 0 Å². The highest BCUT2D eigenvalue weighted by molar-refractivity contribution is 4.87. The molecular formula is C17H33N3. The van der Waals surface area contributed by atoms with Gasteiger partial charge in [0.1, 0.15) is 0 Å². The third-order valence-electron chi connectivity index (χ3n) is 5.55. The molecule has 1 heterocycles. The van der Waals surface area contributed by atoms with Gasteiger partial charge in [-0.3, -0.25) is 9.80 Å². The van der Waals surface area contributed by atoms with Crippen LogP contribution in [-0.2, 0) is 0 Å². The summed E-state index contributed by atoms with van der Waals surface area (Å²) in [6.07, 6.45) is 11.4. The Bertz CT molecular complexity index is 276. The van der Waals surface area contributed by atoms with Crippen LogP contribution in [0.15, 0.2) is 0 Å². The van der Waals surface area contributed by atoms with E-state index in [1.165, 1.54) is 84.1 Å². The average Bonchev–Trinajstić information content (AvgIpc) is 3.15. The van der Waals surface area contributed by atoms with Gasteiger partial charge in [0.2, 0.25) is 0 Å². The zero-order valence-corrected chi connectivity index (χ0v) is 13.3. The molecule has 0 aromatic rings. The number of rotatable bonds is 7. The summed E-state index contributed by atoms with van der Waals surface area (Å²) in [6, 6.07) is 2.56. The summed E-state index contributed by atoms with van der Waals surface area (Å²) < 4.78 is 0. The minimum atomic E-state index is 0.784. The second-order valence-corrected chi connectivity index (χ2v) is 7.14. The first kappa shape index (κ1) is 14.8. The van der Waals surface area contributed by atoms with Gasteiger partial charge in [-0.2, -0.15) is 0 Å². The Morgan fingerprint density at radius 3 is 2.30 bits per heavy atom. The quantitative estimate of drug-likeness (QED) is 0.772. The molecular weight excluding hydrogens is 246 g/mol. The molecule has 1 aliphatic heterocycles. The molecule has 0 spiro atoms. The van der Waals surface area contributed by atoms with Gasteiger partial charge < -0.3 is 5.32 Å². The maximum atomic E-state index is 3.75. The van der Waals surface area contributed by atoms with E-state index >= 15 is 0 Å². The highest BCUT2D eigenvalue weighted by Gasteiger charge is 2.29. The molecule has 1 saturated heterocycles. The second kappa shape index (κ2) is 7.24. The van der Waals surface area contributed by atoms with Gasteiger partial charge in [0.05, 0.1) is 0 Å². The lowest BCUT2D eigenvalue weighted by molar-refractivity contribution is 0.0668. The Kier molecular flexibility index (Phi) is 5.36. The van der Waals surface area contributed by atoms with Crippen molar-refractivity contribution in [3.63, 3.8) is 0 Å². The predicted molar refractivity (Wildman–Crippen MR) is 85.1 cm³/mol. The Labute approximate surface area is 125 Å². The molecule has 3 fully saturated rings. The molecule has 1 unspecified atom stereocenters. The van der Waals surface area contributed by atoms with E-state index in [4.69, 9.17) is 0 Å². The van der Waals surface area contributed by atoms with Crippen LogP contribution in [0.4, 0.5) is 0 Å². The fourth-order valence-corrected chi connectivity index (χ4v) is 4.07. The standard InChI is InChI=1S/C17H33N3/c1-2-5-17(14-18-15-8-9-15)20-12-10-19(11-13-20)16-6-3-4-7-16/h15-18H,2-14H2,1H3. The van der Waals surface area contributed by atoms with E-state index in [9.17, 15) is 0 Å². The molecule has 1 atom stereocenters. The highest BCUT2D eigenvalue weighted by Crippen LogP contribution is 2.25. The lowest BCUT2D eigenvalue weighted by Crippen LogP contribution is -2.54. The van der Waals surface area contributed by atoms with Gasteiger partial charge in [0.25, 0.3) is 0 Å². The van der Waals surface area contributed by atoms with Crippen LogP contribution in [0.25, 0.3) is 0 Å². The molecule has 20 heavy (non-hydrogen) atoms. The maximum Gasteiger partial charge on any atom is 0.0221 e. The molecule has 0 radical (unpaired) electrons. The minimum Gasteiger partial charge on any atom is -0.312 e. The smallest absolute Gasteiger partial charge is 0.0221 e. The SMILES string of the molecule is CCCC(CNC1CC1)N1CCN(C2CCCC2)CC1. The molecule has 2 saturated carbocycles. The third-order valence-corrected chi connectivity index (χ3v) is 5.55. The Hall–Kier alpha value is -0.120. The van der Waals surface area contributed by atoms with Gasteiger partial charge >= 0.3 is 0 Å². The van der Waals surface area contributed by atoms with Gasteiger partial charge in [-0.25, -0.2) is 0 Å². The van der Waals surface area contributed by atoms with Crippen molar-refractivity contribution in [2.45, 2.75) is 76.4 Å². The Morgan fingerprint density at radius 2 is 1.70 bits per heavy atom. The van der Waals surface area contributed by atoms with Crippen molar-refractivity contribution in [3.8, 4) is 0 Å². The zero-order chi connectivity index (χ0) is 13.8. The molecule has 0 aromatic heterocycles. The zero-order valence-electron chi connectivity index (χ0n) is 13.3. The Morgan fingerprint density at radius 1 is 1.00 bits per heavy atom. The second-order valence-electron chi connectivity index (χ2n) is 7.14. The van der Waals surface area contributed by atoms with E-state index in [2.05, 4.69) is 22.0 Å². The van der Waals surface area contributed by atoms with Crippen molar-refractivity contribution in [2.24, 2.45) is 0 Å². The highest BCUT2D eigenvalue weighted by atomic mass is 15.3. The molecule has 2 aliphatic carbocycles. The van der Waals surface area contributed by atoms with Gasteiger partial charge in [-0.05, 0) is 32.1 Å². The van der Waals surface area contributed by atoms with E-state index in [1.807, 2.05) is 0 Å². The van der Waals surface area contributed by atoms with Crippen molar-refractivity contribution in [1.82, 2.24) is 15.1 Å². The first-order chi connectivity index (χ1) is 9.86. The molecule has 3 aliphatic rings. The summed E-state index contributed by atoms with van der Waals surface area (Å²) in [5, 5.41) is 3.75. The van der Waals surface area contributed by atoms with E-state index in [0.717, 1.165) is 18.1 Å². The van der Waals surface area contributed by atoms with Gasteiger partial charge in [0.15, 0.2) is 0 Å². The van der Waals surface area contributed by atoms with Crippen LogP contribution in [0.1, 0.15) is 58.3 Å². The Balaban J connectivity index is 1.43. The van der Waals surface area contributed by atoms with Crippen molar-refractivity contribution in [3.05, 3.63) is 0 Å². The number of nitrogens with one attached hydrogen (secondary N) is 1. The molecule has 3 rings (SSSR count). The molecule has 3 nitrogen and oxygen atoms in total. The average molecular weight is 279 g/mol. The summed E-state index contributed by atoms with van der Waals surface area (Å²) in [7, 11) is 0. The van der Waals surface area contributed by atoms with Crippen LogP contribution in [0.5, 0.6) is 0 Å². The fourth-order valence-electron chi connectivity index (χ4n) is 4.07. The van der Waals surface area contributed by atoms with Crippen LogP contribution in [-0.4, -0.2) is 60.6 Å². The van der Waals surface area contributed by atoms with Crippen LogP contribution >= 0.6 is 0 Å². The van der Waals surface area contributed by atoms with Gasteiger partial charge in [0, 0.05) is 50.8 Å². The van der Waals surface area contributed by atoms with Crippen molar-refractivity contribution >= 4 is 0 Å². The van der Waals surface area contributed by atoms with Gasteiger partial charge in [-0.15, -0.1) is 0 Å². The lowest BCUT2D eigenvalue weighted by Gasteiger charge is -2.41. The van der Waals surface area contributed by atoms with Gasteiger partial charge in [-0.1, -0.05) is 26.2 Å². The molecule has 0 aromatic carbocycles. The topological polar surface area (TPSA) is 18.5 Å². The first-order valence-corrected chi connectivity index (χ1v) is 9.08. The van der Waals surface area contributed by atoms with Crippen molar-refractivity contribution in [2.75, 3.05) is 32.7 Å². The monoisotopic (exact) mass is 279 g/mol. The summed E-state index contributed by atoms with van der Waals surface area (Å²) in [5.74, 6) is 0. The summed E-state index contributed by atoms with van der Waals surface area (Å²) in [5.41, 5.74) is 0. The largest absolute Gasteiger partial charge is 0.312 e. The third kappa shape index (κ3) is 3.96. The van der Waals surface area contributed by atoms with Crippen LogP contribution < -0.4 is 5.32 Å². The molecule has 3 heteroatoms. The van der Waals surface area contributed by atoms with E-state index in [-0.39, 0.29) is 0 Å². The number of hydrogen-bond acceptors (Lipinski definition) is 3. The summed E-state index contributed by atoms with van der Waals surface area (Å²) in [4.78, 5) is 5.55. The number of nitrogens with zero attached hydrogens (tertiary/aromatic N) is 2. The van der Waals surface area contributed by atoms with Crippen LogP contribution in [0.3, 0.4) is 0 Å². The predicted octanol–water partition coefficient (Wildman–Crippen LogP) is 2.47. The van der Waals surface area contributed by atoms with E-state index in [1.54, 1.807) is 0 Å². The fraction of sp³-hybridized carbons (Fsp3) is 1.00. The van der Waals surface area contributed by atoms with Crippen LogP contribution in [0, 0.1) is 0 Å². The van der Waals surface area contributed by atoms with E-state index in [0.29, 0.717) is 0 Å². The molecule has 1 N–H and O–H groups in total. The van der Waals surface area contributed by atoms with Crippen molar-refractivity contribution in [1.29, 1.82) is 0 Å². The lowest BCUT2D eigenvalue weighted by atomic mass is 10.1. The number of piperazine rings is 1. The number of hydrogen-bond donors (Lipinski definition) is 1. The molecule has 116 valence electrons. The van der Waals surface area contributed by atoms with Crippen molar-refractivity contribution < 1.29 is 0 Å². The maximum absolute atomic E-state index is 3.75. The van der Waals surface area contributed by atoms with E-state index < -0.39 is 0 Å². The normalized spacial score (nSPS) is 28.1. The first-order valence-electron chi connectivity index (χ1n) is 9.08.